The molecule has 0 aromatic heterocycles. The average Bonchev–Trinajstić information content (AvgIpc) is 1.64. The van der Waals surface area contributed by atoms with Crippen molar-refractivity contribution in [3.05, 3.63) is 383 Å². The van der Waals surface area contributed by atoms with E-state index in [-0.39, 0.29) is 80.7 Å². The smallest absolute Gasteiger partial charge is 0.308 e. The highest BCUT2D eigenvalue weighted by molar-refractivity contribution is 8.15. The summed E-state index contributed by atoms with van der Waals surface area (Å²) in [6.45, 7) is 11.4. The summed E-state index contributed by atoms with van der Waals surface area (Å²) in [6.07, 6.45) is 1.50. The van der Waals surface area contributed by atoms with Crippen LogP contribution in [0, 0.1) is 67.3 Å². The van der Waals surface area contributed by atoms with Crippen LogP contribution in [0.1, 0.15) is 158 Å². The second kappa shape index (κ2) is 48.1. The van der Waals surface area contributed by atoms with Crippen molar-refractivity contribution in [1.82, 2.24) is 30.7 Å². The van der Waals surface area contributed by atoms with Gasteiger partial charge < -0.3 is 43.8 Å². The molecular formula is C103H88Cl2F8N10O14S4. The third-order valence-corrected chi connectivity index (χ3v) is 26.5. The third-order valence-electron chi connectivity index (χ3n) is 21.1. The minimum absolute atomic E-state index is 0.141. The number of hydrogen-bond donors (Lipinski definition) is 2. The molecule has 24 nitrogen and oxygen atoms in total. The van der Waals surface area contributed by atoms with E-state index < -0.39 is 97.5 Å². The average molecular weight is 2040 g/mol. The van der Waals surface area contributed by atoms with E-state index in [4.69, 9.17) is 61.5 Å². The van der Waals surface area contributed by atoms with Gasteiger partial charge in [-0.15, -0.1) is 0 Å². The van der Waals surface area contributed by atoms with Gasteiger partial charge in [0.1, 0.15) is 117 Å². The quantitative estimate of drug-likeness (QED) is 0.0275. The highest BCUT2D eigenvalue weighted by Gasteiger charge is 2.44. The number of esters is 1. The Balaban J connectivity index is 0.000000159. The van der Waals surface area contributed by atoms with Gasteiger partial charge in [0.25, 0.3) is 35.4 Å². The van der Waals surface area contributed by atoms with Gasteiger partial charge in [0.05, 0.1) is 34.0 Å². The number of carbonyl (C=O) groups is 7. The fourth-order valence-corrected chi connectivity index (χ4v) is 19.3. The number of carbonyl (C=O) groups excluding carboxylic acids is 7. The lowest BCUT2D eigenvalue weighted by atomic mass is 10.1. The molecule has 0 fully saturated rings. The summed E-state index contributed by atoms with van der Waals surface area (Å²) >= 11 is 17.1. The Hall–Kier alpha value is -14.2. The van der Waals surface area contributed by atoms with E-state index in [1.807, 2.05) is 132 Å². The molecule has 728 valence electrons. The zero-order valence-corrected chi connectivity index (χ0v) is 81.6. The van der Waals surface area contributed by atoms with E-state index in [2.05, 4.69) is 25.9 Å². The van der Waals surface area contributed by atoms with Crippen molar-refractivity contribution < 1.29 is 102 Å². The van der Waals surface area contributed by atoms with Gasteiger partial charge in [-0.05, 0) is 166 Å². The van der Waals surface area contributed by atoms with Gasteiger partial charge in [0.2, 0.25) is 0 Å². The highest BCUT2D eigenvalue weighted by Crippen LogP contribution is 2.52. The van der Waals surface area contributed by atoms with E-state index in [9.17, 15) is 68.7 Å². The molecule has 4 atom stereocenters. The van der Waals surface area contributed by atoms with Gasteiger partial charge in [0.15, 0.2) is 36.2 Å². The SMILES string of the molecule is CCCNC(=O)COc1cccc([C@H]2SC(c3ccc(F)cc3)=NN2C(=O)c2c(F)cc(F)cc2F)c1OC.CCCNC(=O)COc1cccc([C@H]2SC(c3ccc(F)cc3)=NN2C(=O)c2c(F)cc(F)cc2F)c1OC.COc1cc(C)ccc1C1SC(c2ccc(Cl)cc2)=NN1C(=O)c1ccccc1C.COc1cc(C)ccc1C1SC(c2ccc(Cl)cc2)=NN1C(=O)c1ccccc1OC(C)=O. The van der Waals surface area contributed by atoms with Crippen LogP contribution in [-0.4, -0.2) is 136 Å². The summed E-state index contributed by atoms with van der Waals surface area (Å²) in [4.78, 5) is 89.7. The minimum Gasteiger partial charge on any atom is -0.496 e. The molecule has 16 rings (SSSR count). The number of thioether (sulfide) groups is 4. The zero-order valence-electron chi connectivity index (χ0n) is 76.9. The molecule has 2 N–H and O–H groups in total. The minimum atomic E-state index is -1.39. The number of ether oxygens (including phenoxy) is 7. The number of rotatable bonds is 27. The monoisotopic (exact) mass is 2040 g/mol. The topological polar surface area (TPSA) is 271 Å². The number of nitrogens with one attached hydrogen (secondary N) is 2. The molecule has 12 aromatic carbocycles. The number of amides is 6. The summed E-state index contributed by atoms with van der Waals surface area (Å²) in [5.74, 6) is -10.7. The number of aryl methyl sites for hydroxylation is 3. The Kier molecular flexibility index (Phi) is 35.6. The summed E-state index contributed by atoms with van der Waals surface area (Å²) < 4.78 is 151. The van der Waals surface area contributed by atoms with Crippen molar-refractivity contribution in [2.45, 2.75) is 75.9 Å². The number of methoxy groups -OCH3 is 4. The Labute approximate surface area is 832 Å². The molecule has 38 heteroatoms. The van der Waals surface area contributed by atoms with Crippen LogP contribution >= 0.6 is 70.2 Å². The van der Waals surface area contributed by atoms with Gasteiger partial charge in [-0.3, -0.25) is 33.6 Å². The largest absolute Gasteiger partial charge is 0.496 e. The third kappa shape index (κ3) is 25.4. The second-order valence-corrected chi connectivity index (χ2v) is 36.2. The standard InChI is InChI=1S/2C27H23F4N3O4S.C25H21ClN2O4S.C24H21ClN2O2S/c2*1-3-11-32-22(35)14-38-21-6-4-5-18(24(21)37-2)27-34(26(36)23-19(30)12-17(29)13-20(23)31)33-25(39-27)15-7-9-16(28)10-8-15;1-15-8-13-20(22(14-15)31-3)25-28(27-23(33-25)17-9-11-18(26)12-10-17)24(30)19-6-4-5-7-21(19)32-16(2)29;1-15-8-13-20(21(14-15)29-3)24-27(23(28)19-7-5-4-6-16(19)2)26-22(30-24)17-9-11-18(25)12-10-17/h2*4-10,12-13,27H,3,11,14H2,1-2H3,(H,32,35);4-14,25H,1-3H3;4-14,24H,1-3H3/t2*27-;;/m11../s1. The fraction of sp³-hybridized carbons (Fsp3) is 0.194. The number of nitrogens with zero attached hydrogens (tertiary/aromatic N) is 8. The van der Waals surface area contributed by atoms with Crippen LogP contribution in [0.2, 0.25) is 10.0 Å². The van der Waals surface area contributed by atoms with Gasteiger partial charge in [-0.1, -0.05) is 187 Å². The molecular weight excluding hydrogens is 1950 g/mol. The molecule has 6 amide bonds. The number of benzene rings is 12. The Bertz CT molecular complexity index is 6560. The maximum Gasteiger partial charge on any atom is 0.308 e. The molecule has 0 saturated carbocycles. The summed E-state index contributed by atoms with van der Waals surface area (Å²) in [7, 11) is 5.96. The maximum atomic E-state index is 14.6. The summed E-state index contributed by atoms with van der Waals surface area (Å²) in [5, 5.41) is 28.4. The van der Waals surface area contributed by atoms with Crippen molar-refractivity contribution in [1.29, 1.82) is 0 Å². The number of hydrogen-bond acceptors (Lipinski definition) is 22. The lowest BCUT2D eigenvalue weighted by Gasteiger charge is -2.24. The second-order valence-electron chi connectivity index (χ2n) is 31.0. The van der Waals surface area contributed by atoms with Gasteiger partial charge in [0, 0.05) is 104 Å². The van der Waals surface area contributed by atoms with Crippen LogP contribution in [0.4, 0.5) is 35.1 Å². The van der Waals surface area contributed by atoms with Crippen molar-refractivity contribution >= 4 is 132 Å². The molecule has 4 aliphatic heterocycles. The maximum absolute atomic E-state index is 14.6. The molecule has 12 aromatic rings. The van der Waals surface area contributed by atoms with E-state index in [0.717, 1.165) is 96.1 Å². The molecule has 0 saturated heterocycles. The van der Waals surface area contributed by atoms with Crippen LogP contribution in [0.5, 0.6) is 40.2 Å². The number of hydrazone groups is 4. The lowest BCUT2D eigenvalue weighted by molar-refractivity contribution is -0.132. The van der Waals surface area contributed by atoms with Crippen LogP contribution in [0.3, 0.4) is 0 Å². The molecule has 0 radical (unpaired) electrons. The molecule has 0 aliphatic carbocycles. The van der Waals surface area contributed by atoms with Crippen LogP contribution in [0.25, 0.3) is 0 Å². The van der Waals surface area contributed by atoms with Crippen LogP contribution in [-0.2, 0) is 14.4 Å². The highest BCUT2D eigenvalue weighted by atomic mass is 35.5. The molecule has 0 bridgehead atoms. The predicted octanol–water partition coefficient (Wildman–Crippen LogP) is 22.9. The van der Waals surface area contributed by atoms with Crippen molar-refractivity contribution in [3.63, 3.8) is 0 Å². The molecule has 2 unspecified atom stereocenters. The molecule has 0 spiro atoms. The normalized spacial score (nSPS) is 15.0. The van der Waals surface area contributed by atoms with Gasteiger partial charge in [-0.2, -0.15) is 20.4 Å². The van der Waals surface area contributed by atoms with E-state index in [1.54, 1.807) is 92.0 Å². The molecule has 4 heterocycles. The van der Waals surface area contributed by atoms with Gasteiger partial charge in [-0.25, -0.2) is 55.2 Å². The lowest BCUT2D eigenvalue weighted by Crippen LogP contribution is -2.29. The van der Waals surface area contributed by atoms with E-state index in [0.29, 0.717) is 86.0 Å². The van der Waals surface area contributed by atoms with E-state index in [1.165, 1.54) is 98.2 Å². The zero-order chi connectivity index (χ0) is 101. The summed E-state index contributed by atoms with van der Waals surface area (Å²) in [5.41, 5.74) is 6.96. The molecule has 141 heavy (non-hydrogen) atoms. The molecule has 4 aliphatic rings. The van der Waals surface area contributed by atoms with Gasteiger partial charge >= 0.3 is 5.97 Å². The Morgan fingerprint density at radius 3 is 1.03 bits per heavy atom. The first-order valence-corrected chi connectivity index (χ1v) is 47.5. The van der Waals surface area contributed by atoms with E-state index >= 15 is 0 Å². The fourth-order valence-electron chi connectivity index (χ4n) is 14.3. The first kappa shape index (κ1) is 104. The number of para-hydroxylation sites is 3. The Morgan fingerprint density at radius 2 is 0.681 bits per heavy atom. The van der Waals surface area contributed by atoms with Crippen molar-refractivity contribution in [3.8, 4) is 40.2 Å². The number of halogens is 10. The van der Waals surface area contributed by atoms with Crippen molar-refractivity contribution in [2.24, 2.45) is 20.4 Å². The first-order chi connectivity index (χ1) is 67.8. The van der Waals surface area contributed by atoms with Crippen LogP contribution < -0.4 is 43.8 Å². The predicted molar refractivity (Wildman–Crippen MR) is 528 cm³/mol. The summed E-state index contributed by atoms with van der Waals surface area (Å²) in [6, 6.07) is 62.5. The Morgan fingerprint density at radius 1 is 0.355 bits per heavy atom. The first-order valence-electron chi connectivity index (χ1n) is 43.2. The van der Waals surface area contributed by atoms with Crippen molar-refractivity contribution in [2.75, 3.05) is 54.7 Å². The van der Waals surface area contributed by atoms with Crippen LogP contribution in [0.15, 0.2) is 263 Å².